The molecule has 1 aromatic carbocycles. The van der Waals surface area contributed by atoms with Gasteiger partial charge in [-0.1, -0.05) is 43.2 Å². The first kappa shape index (κ1) is 14.1. The van der Waals surface area contributed by atoms with Crippen LogP contribution in [0.2, 0.25) is 0 Å². The molecule has 1 aliphatic rings. The molecule has 19 heavy (non-hydrogen) atoms. The third kappa shape index (κ3) is 3.80. The van der Waals surface area contributed by atoms with E-state index in [9.17, 15) is 4.79 Å². The molecule has 0 radical (unpaired) electrons. The van der Waals surface area contributed by atoms with Gasteiger partial charge >= 0.3 is 0 Å². The molecule has 1 unspecified atom stereocenters. The number of nitrogens with zero attached hydrogens (tertiary/aromatic N) is 1. The number of rotatable bonds is 5. The minimum atomic E-state index is 0.236. The van der Waals surface area contributed by atoms with Crippen LogP contribution in [-0.2, 0) is 4.79 Å². The monoisotopic (exact) mass is 260 g/mol. The van der Waals surface area contributed by atoms with E-state index in [0.29, 0.717) is 6.54 Å². The fraction of sp³-hybridized carbons (Fsp3) is 0.562. The van der Waals surface area contributed by atoms with Gasteiger partial charge in [0.05, 0.1) is 6.04 Å². The minimum Gasteiger partial charge on any atom is -0.354 e. The Hall–Kier alpha value is -1.35. The van der Waals surface area contributed by atoms with Crippen molar-refractivity contribution in [3.63, 3.8) is 0 Å². The summed E-state index contributed by atoms with van der Waals surface area (Å²) in [5.74, 6) is 0.485. The minimum absolute atomic E-state index is 0.236. The molecule has 104 valence electrons. The average molecular weight is 260 g/mol. The summed E-state index contributed by atoms with van der Waals surface area (Å²) in [6.45, 7) is 0.687. The van der Waals surface area contributed by atoms with E-state index in [4.69, 9.17) is 0 Å². The molecule has 0 heterocycles. The van der Waals surface area contributed by atoms with E-state index in [-0.39, 0.29) is 17.9 Å². The topological polar surface area (TPSA) is 32.3 Å². The number of nitrogens with one attached hydrogen (secondary N) is 1. The van der Waals surface area contributed by atoms with E-state index in [1.54, 1.807) is 0 Å². The highest BCUT2D eigenvalue weighted by molar-refractivity contribution is 5.78. The summed E-state index contributed by atoms with van der Waals surface area (Å²) < 4.78 is 0. The van der Waals surface area contributed by atoms with E-state index < -0.39 is 0 Å². The summed E-state index contributed by atoms with van der Waals surface area (Å²) in [5.41, 5.74) is 1.25. The van der Waals surface area contributed by atoms with Crippen molar-refractivity contribution in [3.8, 4) is 0 Å². The van der Waals surface area contributed by atoms with E-state index in [1.165, 1.54) is 18.4 Å². The third-order valence-electron chi connectivity index (χ3n) is 4.00. The van der Waals surface area contributed by atoms with Crippen molar-refractivity contribution in [2.75, 3.05) is 20.6 Å². The van der Waals surface area contributed by atoms with Gasteiger partial charge in [-0.2, -0.15) is 0 Å². The van der Waals surface area contributed by atoms with Crippen LogP contribution in [-0.4, -0.2) is 31.4 Å². The summed E-state index contributed by atoms with van der Waals surface area (Å²) in [5, 5.41) is 3.12. The van der Waals surface area contributed by atoms with Gasteiger partial charge < -0.3 is 10.2 Å². The van der Waals surface area contributed by atoms with Gasteiger partial charge in [-0.15, -0.1) is 0 Å². The van der Waals surface area contributed by atoms with Gasteiger partial charge in [0.1, 0.15) is 0 Å². The summed E-state index contributed by atoms with van der Waals surface area (Å²) >= 11 is 0. The molecule has 3 heteroatoms. The zero-order valence-electron chi connectivity index (χ0n) is 11.9. The van der Waals surface area contributed by atoms with Crippen LogP contribution >= 0.6 is 0 Å². The molecular formula is C16H24N2O. The van der Waals surface area contributed by atoms with Gasteiger partial charge in [0.2, 0.25) is 5.91 Å². The van der Waals surface area contributed by atoms with Crippen LogP contribution in [0.25, 0.3) is 0 Å². The van der Waals surface area contributed by atoms with Crippen molar-refractivity contribution in [1.82, 2.24) is 10.2 Å². The molecule has 0 aromatic heterocycles. The maximum absolute atomic E-state index is 12.1. The predicted octanol–water partition coefficient (Wildman–Crippen LogP) is 2.60. The lowest BCUT2D eigenvalue weighted by Gasteiger charge is -2.25. The fourth-order valence-corrected chi connectivity index (χ4v) is 2.80. The molecule has 0 spiro atoms. The second-order valence-corrected chi connectivity index (χ2v) is 5.62. The quantitative estimate of drug-likeness (QED) is 0.882. The molecule has 0 aliphatic heterocycles. The van der Waals surface area contributed by atoms with Crippen LogP contribution in [0.4, 0.5) is 0 Å². The smallest absolute Gasteiger partial charge is 0.223 e. The first-order valence-corrected chi connectivity index (χ1v) is 7.17. The lowest BCUT2D eigenvalue weighted by Crippen LogP contribution is -2.37. The molecular weight excluding hydrogens is 236 g/mol. The Labute approximate surface area is 116 Å². The second kappa shape index (κ2) is 6.71. The van der Waals surface area contributed by atoms with Crippen LogP contribution in [0.15, 0.2) is 30.3 Å². The lowest BCUT2D eigenvalue weighted by atomic mass is 10.0. The number of benzene rings is 1. The summed E-state index contributed by atoms with van der Waals surface area (Å²) in [4.78, 5) is 14.2. The largest absolute Gasteiger partial charge is 0.354 e. The third-order valence-corrected chi connectivity index (χ3v) is 4.00. The zero-order valence-corrected chi connectivity index (χ0v) is 11.9. The Balaban J connectivity index is 1.92. The Bertz CT molecular complexity index is 396. The zero-order chi connectivity index (χ0) is 13.7. The standard InChI is InChI=1S/C16H24N2O/c1-18(2)15(13-8-4-3-5-9-13)12-17-16(19)14-10-6-7-11-14/h3-5,8-9,14-15H,6-7,10-12H2,1-2H3,(H,17,19). The highest BCUT2D eigenvalue weighted by Crippen LogP contribution is 2.25. The van der Waals surface area contributed by atoms with E-state index in [1.807, 2.05) is 18.2 Å². The van der Waals surface area contributed by atoms with Gasteiger partial charge in [0, 0.05) is 12.5 Å². The Morgan fingerprint density at radius 1 is 1.26 bits per heavy atom. The molecule has 3 nitrogen and oxygen atoms in total. The molecule has 1 fully saturated rings. The van der Waals surface area contributed by atoms with Crippen molar-refractivity contribution in [3.05, 3.63) is 35.9 Å². The normalized spacial score (nSPS) is 17.6. The maximum Gasteiger partial charge on any atom is 0.223 e. The number of carbonyl (C=O) groups is 1. The van der Waals surface area contributed by atoms with Gasteiger partial charge in [-0.25, -0.2) is 0 Å². The summed E-state index contributed by atoms with van der Waals surface area (Å²) in [6.07, 6.45) is 4.52. The van der Waals surface area contributed by atoms with Crippen molar-refractivity contribution >= 4 is 5.91 Å². The Kier molecular flexibility index (Phi) is 4.97. The van der Waals surface area contributed by atoms with Crippen molar-refractivity contribution in [1.29, 1.82) is 0 Å². The molecule has 1 aliphatic carbocycles. The van der Waals surface area contributed by atoms with Crippen LogP contribution in [0.5, 0.6) is 0 Å². The number of carbonyl (C=O) groups excluding carboxylic acids is 1. The number of likely N-dealkylation sites (N-methyl/N-ethyl adjacent to an activating group) is 1. The average Bonchev–Trinajstić information content (AvgIpc) is 2.93. The van der Waals surface area contributed by atoms with Crippen LogP contribution < -0.4 is 5.32 Å². The summed E-state index contributed by atoms with van der Waals surface area (Å²) in [7, 11) is 4.11. The van der Waals surface area contributed by atoms with Crippen LogP contribution in [0.3, 0.4) is 0 Å². The Morgan fingerprint density at radius 2 is 1.89 bits per heavy atom. The SMILES string of the molecule is CN(C)C(CNC(=O)C1CCCC1)c1ccccc1. The van der Waals surface area contributed by atoms with Crippen molar-refractivity contribution in [2.24, 2.45) is 5.92 Å². The van der Waals surface area contributed by atoms with Gasteiger partial charge in [0.15, 0.2) is 0 Å². The molecule has 1 N–H and O–H groups in total. The second-order valence-electron chi connectivity index (χ2n) is 5.62. The van der Waals surface area contributed by atoms with Crippen LogP contribution in [0, 0.1) is 5.92 Å². The number of hydrogen-bond acceptors (Lipinski definition) is 2. The number of hydrogen-bond donors (Lipinski definition) is 1. The highest BCUT2D eigenvalue weighted by Gasteiger charge is 2.23. The van der Waals surface area contributed by atoms with Gasteiger partial charge in [-0.05, 0) is 32.5 Å². The molecule has 1 atom stereocenters. The van der Waals surface area contributed by atoms with Crippen LogP contribution in [0.1, 0.15) is 37.3 Å². The van der Waals surface area contributed by atoms with Gasteiger partial charge in [0.25, 0.3) is 0 Å². The Morgan fingerprint density at radius 3 is 2.47 bits per heavy atom. The lowest BCUT2D eigenvalue weighted by molar-refractivity contribution is -0.125. The van der Waals surface area contributed by atoms with E-state index in [2.05, 4.69) is 36.4 Å². The fourth-order valence-electron chi connectivity index (χ4n) is 2.80. The number of amides is 1. The first-order valence-electron chi connectivity index (χ1n) is 7.17. The molecule has 1 aromatic rings. The molecule has 1 saturated carbocycles. The summed E-state index contributed by atoms with van der Waals surface area (Å²) in [6, 6.07) is 10.6. The maximum atomic E-state index is 12.1. The molecule has 0 bridgehead atoms. The van der Waals surface area contributed by atoms with Crippen molar-refractivity contribution in [2.45, 2.75) is 31.7 Å². The van der Waals surface area contributed by atoms with E-state index in [0.717, 1.165) is 12.8 Å². The molecule has 0 saturated heterocycles. The van der Waals surface area contributed by atoms with Gasteiger partial charge in [-0.3, -0.25) is 4.79 Å². The molecule has 2 rings (SSSR count). The first-order chi connectivity index (χ1) is 9.18. The van der Waals surface area contributed by atoms with E-state index >= 15 is 0 Å². The van der Waals surface area contributed by atoms with Crippen molar-refractivity contribution < 1.29 is 4.79 Å². The highest BCUT2D eigenvalue weighted by atomic mass is 16.1. The predicted molar refractivity (Wildman–Crippen MR) is 77.8 cm³/mol. The molecule has 1 amide bonds.